The Balaban J connectivity index is 1.49. The third kappa shape index (κ3) is 3.72. The van der Waals surface area contributed by atoms with Crippen molar-refractivity contribution < 1.29 is 9.59 Å². The van der Waals surface area contributed by atoms with E-state index in [9.17, 15) is 9.59 Å². The van der Waals surface area contributed by atoms with Gasteiger partial charge in [-0.3, -0.25) is 9.48 Å². The summed E-state index contributed by atoms with van der Waals surface area (Å²) >= 11 is 0. The predicted octanol–water partition coefficient (Wildman–Crippen LogP) is 1.13. The molecule has 23 heavy (non-hydrogen) atoms. The molecule has 7 heteroatoms. The Labute approximate surface area is 135 Å². The molecule has 1 aliphatic carbocycles. The summed E-state index contributed by atoms with van der Waals surface area (Å²) in [5.41, 5.74) is 0.784. The van der Waals surface area contributed by atoms with Crippen molar-refractivity contribution >= 4 is 17.6 Å². The van der Waals surface area contributed by atoms with Gasteiger partial charge < -0.3 is 15.1 Å². The Morgan fingerprint density at radius 3 is 2.91 bits per heavy atom. The van der Waals surface area contributed by atoms with Gasteiger partial charge in [-0.2, -0.15) is 5.10 Å². The summed E-state index contributed by atoms with van der Waals surface area (Å²) in [4.78, 5) is 27.8. The van der Waals surface area contributed by atoms with Crippen LogP contribution in [-0.2, 0) is 11.8 Å². The molecular weight excluding hydrogens is 294 g/mol. The minimum atomic E-state index is -0.140. The Morgan fingerprint density at radius 2 is 2.26 bits per heavy atom. The van der Waals surface area contributed by atoms with Gasteiger partial charge in [0, 0.05) is 32.9 Å². The Bertz CT molecular complexity index is 609. The second-order valence-corrected chi connectivity index (χ2v) is 6.18. The standard InChI is InChI=1S/C16H23N5O2/c1-19-11-14(10-18-19)21-8-7-20(12-15(21)22)16(23)17-9-13-5-3-2-4-6-13/h2-3,10-11,13H,4-9,12H2,1H3,(H,17,23)/t13-/m0/s1. The van der Waals surface area contributed by atoms with Gasteiger partial charge in [-0.1, -0.05) is 12.2 Å². The van der Waals surface area contributed by atoms with E-state index >= 15 is 0 Å². The molecule has 2 heterocycles. The average Bonchev–Trinajstić information content (AvgIpc) is 2.99. The Hall–Kier alpha value is -2.31. The number of aryl methyl sites for hydroxylation is 1. The quantitative estimate of drug-likeness (QED) is 0.850. The molecule has 1 aromatic heterocycles. The molecule has 0 saturated carbocycles. The third-order valence-electron chi connectivity index (χ3n) is 4.43. The molecule has 1 atom stereocenters. The second kappa shape index (κ2) is 6.85. The van der Waals surface area contributed by atoms with Crippen LogP contribution in [-0.4, -0.2) is 52.8 Å². The number of amides is 3. The lowest BCUT2D eigenvalue weighted by molar-refractivity contribution is -0.120. The monoisotopic (exact) mass is 317 g/mol. The average molecular weight is 317 g/mol. The number of carbonyl (C=O) groups excluding carboxylic acids is 2. The molecule has 0 bridgehead atoms. The molecule has 124 valence electrons. The van der Waals surface area contributed by atoms with E-state index in [1.165, 1.54) is 0 Å². The van der Waals surface area contributed by atoms with E-state index in [1.807, 2.05) is 13.2 Å². The van der Waals surface area contributed by atoms with E-state index < -0.39 is 0 Å². The maximum Gasteiger partial charge on any atom is 0.317 e. The van der Waals surface area contributed by atoms with Gasteiger partial charge in [-0.25, -0.2) is 4.79 Å². The van der Waals surface area contributed by atoms with Crippen LogP contribution in [0.25, 0.3) is 0 Å². The fraction of sp³-hybridized carbons (Fsp3) is 0.562. The van der Waals surface area contributed by atoms with Crippen LogP contribution in [0.2, 0.25) is 0 Å². The minimum Gasteiger partial charge on any atom is -0.338 e. The van der Waals surface area contributed by atoms with Crippen LogP contribution in [0.15, 0.2) is 24.5 Å². The van der Waals surface area contributed by atoms with Gasteiger partial charge in [-0.05, 0) is 25.2 Å². The number of urea groups is 1. The lowest BCUT2D eigenvalue weighted by Crippen LogP contribution is -2.55. The smallest absolute Gasteiger partial charge is 0.317 e. The molecule has 1 N–H and O–H groups in total. The third-order valence-corrected chi connectivity index (χ3v) is 4.43. The van der Waals surface area contributed by atoms with Gasteiger partial charge in [0.05, 0.1) is 11.9 Å². The van der Waals surface area contributed by atoms with Crippen molar-refractivity contribution in [3.63, 3.8) is 0 Å². The lowest BCUT2D eigenvalue weighted by atomic mass is 9.94. The summed E-state index contributed by atoms with van der Waals surface area (Å²) < 4.78 is 1.67. The number of carbonyl (C=O) groups is 2. The van der Waals surface area contributed by atoms with Gasteiger partial charge in [0.25, 0.3) is 0 Å². The molecule has 3 rings (SSSR count). The summed E-state index contributed by atoms with van der Waals surface area (Å²) in [6.07, 6.45) is 11.1. The molecular formula is C16H23N5O2. The predicted molar refractivity (Wildman–Crippen MR) is 87.0 cm³/mol. The van der Waals surface area contributed by atoms with Crippen molar-refractivity contribution in [1.29, 1.82) is 0 Å². The van der Waals surface area contributed by atoms with Crippen LogP contribution in [0.4, 0.5) is 10.5 Å². The fourth-order valence-corrected chi connectivity index (χ4v) is 3.05. The van der Waals surface area contributed by atoms with Gasteiger partial charge in [0.2, 0.25) is 5.91 Å². The van der Waals surface area contributed by atoms with E-state index in [0.717, 1.165) is 24.9 Å². The maximum atomic E-state index is 12.3. The van der Waals surface area contributed by atoms with Crippen LogP contribution in [0.5, 0.6) is 0 Å². The first-order valence-electron chi connectivity index (χ1n) is 8.10. The lowest BCUT2D eigenvalue weighted by Gasteiger charge is -2.33. The van der Waals surface area contributed by atoms with Crippen LogP contribution in [0.3, 0.4) is 0 Å². The number of hydrogen-bond donors (Lipinski definition) is 1. The highest BCUT2D eigenvalue weighted by Gasteiger charge is 2.28. The van der Waals surface area contributed by atoms with Crippen LogP contribution in [0.1, 0.15) is 19.3 Å². The summed E-state index contributed by atoms with van der Waals surface area (Å²) in [6, 6.07) is -0.140. The van der Waals surface area contributed by atoms with E-state index in [0.29, 0.717) is 25.6 Å². The number of piperazine rings is 1. The van der Waals surface area contributed by atoms with Gasteiger partial charge in [0.1, 0.15) is 6.54 Å². The van der Waals surface area contributed by atoms with E-state index in [4.69, 9.17) is 0 Å². The number of aromatic nitrogens is 2. The summed E-state index contributed by atoms with van der Waals surface area (Å²) in [6.45, 7) is 1.84. The van der Waals surface area contributed by atoms with Crippen molar-refractivity contribution in [2.75, 3.05) is 31.1 Å². The minimum absolute atomic E-state index is 0.0694. The second-order valence-electron chi connectivity index (χ2n) is 6.18. The Morgan fingerprint density at radius 1 is 1.39 bits per heavy atom. The highest BCUT2D eigenvalue weighted by atomic mass is 16.2. The molecule has 7 nitrogen and oxygen atoms in total. The molecule has 0 aromatic carbocycles. The molecule has 0 spiro atoms. The number of allylic oxidation sites excluding steroid dienone is 2. The molecule has 1 aromatic rings. The number of anilines is 1. The summed E-state index contributed by atoms with van der Waals surface area (Å²) in [7, 11) is 1.82. The van der Waals surface area contributed by atoms with E-state index in [2.05, 4.69) is 22.6 Å². The highest BCUT2D eigenvalue weighted by Crippen LogP contribution is 2.18. The van der Waals surface area contributed by atoms with E-state index in [-0.39, 0.29) is 18.5 Å². The van der Waals surface area contributed by atoms with Crippen molar-refractivity contribution in [1.82, 2.24) is 20.0 Å². The molecule has 2 aliphatic rings. The SMILES string of the molecule is Cn1cc(N2CCN(C(=O)NC[C@H]3CC=CCC3)CC2=O)cn1. The first-order chi connectivity index (χ1) is 11.1. The molecule has 3 amide bonds. The van der Waals surface area contributed by atoms with E-state index in [1.54, 1.807) is 20.7 Å². The van der Waals surface area contributed by atoms with Crippen LogP contribution in [0, 0.1) is 5.92 Å². The molecule has 1 aliphatic heterocycles. The van der Waals surface area contributed by atoms with Gasteiger partial charge in [-0.15, -0.1) is 0 Å². The number of nitrogens with one attached hydrogen (secondary N) is 1. The zero-order valence-corrected chi connectivity index (χ0v) is 13.4. The normalized spacial score (nSPS) is 21.6. The largest absolute Gasteiger partial charge is 0.338 e. The number of nitrogens with zero attached hydrogens (tertiary/aromatic N) is 4. The molecule has 1 saturated heterocycles. The maximum absolute atomic E-state index is 12.3. The summed E-state index contributed by atoms with van der Waals surface area (Å²) in [5, 5.41) is 7.05. The van der Waals surface area contributed by atoms with Crippen molar-refractivity contribution in [3.8, 4) is 0 Å². The van der Waals surface area contributed by atoms with Crippen LogP contribution >= 0.6 is 0 Å². The van der Waals surface area contributed by atoms with Gasteiger partial charge >= 0.3 is 6.03 Å². The number of rotatable bonds is 3. The van der Waals surface area contributed by atoms with Crippen LogP contribution < -0.4 is 10.2 Å². The van der Waals surface area contributed by atoms with Crippen molar-refractivity contribution in [3.05, 3.63) is 24.5 Å². The Kier molecular flexibility index (Phi) is 4.64. The van der Waals surface area contributed by atoms with Crippen molar-refractivity contribution in [2.24, 2.45) is 13.0 Å². The first-order valence-corrected chi connectivity index (χ1v) is 8.10. The fourth-order valence-electron chi connectivity index (χ4n) is 3.05. The zero-order chi connectivity index (χ0) is 16.2. The number of hydrogen-bond acceptors (Lipinski definition) is 3. The molecule has 0 radical (unpaired) electrons. The zero-order valence-electron chi connectivity index (χ0n) is 13.4. The molecule has 0 unspecified atom stereocenters. The molecule has 1 fully saturated rings. The highest BCUT2D eigenvalue weighted by molar-refractivity contribution is 5.97. The van der Waals surface area contributed by atoms with Crippen molar-refractivity contribution in [2.45, 2.75) is 19.3 Å². The van der Waals surface area contributed by atoms with Gasteiger partial charge in [0.15, 0.2) is 0 Å². The summed E-state index contributed by atoms with van der Waals surface area (Å²) in [5.74, 6) is 0.441. The first kappa shape index (κ1) is 15.6. The topological polar surface area (TPSA) is 70.5 Å².